The van der Waals surface area contributed by atoms with E-state index in [0.717, 1.165) is 30.6 Å². The van der Waals surface area contributed by atoms with Crippen molar-refractivity contribution >= 4 is 11.7 Å². The van der Waals surface area contributed by atoms with Crippen molar-refractivity contribution in [3.8, 4) is 11.3 Å². The maximum atomic E-state index is 12.7. The largest absolute Gasteiger partial charge is 0.308 e. The van der Waals surface area contributed by atoms with Crippen molar-refractivity contribution in [1.29, 1.82) is 0 Å². The number of aromatic nitrogens is 2. The molecular formula is C21H30N4O. The Morgan fingerprint density at radius 3 is 2.73 bits per heavy atom. The topological polar surface area (TPSA) is 69.8 Å². The summed E-state index contributed by atoms with van der Waals surface area (Å²) in [5, 5.41) is 13.7. The summed E-state index contributed by atoms with van der Waals surface area (Å²) in [7, 11) is 0. The molecule has 3 N–H and O–H groups in total. The zero-order chi connectivity index (χ0) is 18.2. The molecule has 0 radical (unpaired) electrons. The quantitative estimate of drug-likeness (QED) is 0.660. The number of benzene rings is 1. The van der Waals surface area contributed by atoms with E-state index in [1.54, 1.807) is 0 Å². The van der Waals surface area contributed by atoms with E-state index in [1.807, 2.05) is 36.4 Å². The van der Waals surface area contributed by atoms with Crippen LogP contribution in [0.15, 0.2) is 36.4 Å². The third-order valence-electron chi connectivity index (χ3n) is 5.19. The van der Waals surface area contributed by atoms with Crippen LogP contribution in [0.4, 0.5) is 5.82 Å². The Morgan fingerprint density at radius 1 is 1.23 bits per heavy atom. The van der Waals surface area contributed by atoms with Crippen LogP contribution in [0.2, 0.25) is 0 Å². The van der Waals surface area contributed by atoms with Gasteiger partial charge in [-0.25, -0.2) is 0 Å². The summed E-state index contributed by atoms with van der Waals surface area (Å²) in [5.74, 6) is 1.30. The van der Waals surface area contributed by atoms with Crippen LogP contribution in [-0.4, -0.2) is 28.7 Å². The summed E-state index contributed by atoms with van der Waals surface area (Å²) in [6.45, 7) is 3.05. The molecule has 140 valence electrons. The first-order valence-corrected chi connectivity index (χ1v) is 9.91. The standard InChI is InChI=1S/C21H30N4O/c1-2-9-18(22-15-16-10-5-3-6-11-16)21(26)23-20-14-19(24-25-20)17-12-7-4-8-13-17/h4,7-8,12-14,16,18,22H,2-3,5-6,9-11,15H2,1H3,(H2,23,24,25,26)/t18-/m0/s1. The van der Waals surface area contributed by atoms with E-state index in [9.17, 15) is 4.79 Å². The number of anilines is 1. The Kier molecular flexibility index (Phi) is 6.83. The highest BCUT2D eigenvalue weighted by Crippen LogP contribution is 2.23. The SMILES string of the molecule is CCC[C@H](NCC1CCCCC1)C(=O)Nc1cc(-c2ccccc2)[nH]n1. The maximum absolute atomic E-state index is 12.7. The van der Waals surface area contributed by atoms with Crippen molar-refractivity contribution in [3.63, 3.8) is 0 Å². The lowest BCUT2D eigenvalue weighted by atomic mass is 9.89. The molecule has 1 aliphatic carbocycles. The molecule has 0 bridgehead atoms. The van der Waals surface area contributed by atoms with E-state index in [4.69, 9.17) is 0 Å². The highest BCUT2D eigenvalue weighted by Gasteiger charge is 2.21. The van der Waals surface area contributed by atoms with Gasteiger partial charge in [-0.15, -0.1) is 0 Å². The molecule has 5 nitrogen and oxygen atoms in total. The van der Waals surface area contributed by atoms with E-state index < -0.39 is 0 Å². The van der Waals surface area contributed by atoms with Gasteiger partial charge in [0.1, 0.15) is 0 Å². The Hall–Kier alpha value is -2.14. The van der Waals surface area contributed by atoms with Gasteiger partial charge in [0, 0.05) is 6.07 Å². The second-order valence-corrected chi connectivity index (χ2v) is 7.28. The van der Waals surface area contributed by atoms with Gasteiger partial charge >= 0.3 is 0 Å². The predicted molar refractivity (Wildman–Crippen MR) is 106 cm³/mol. The zero-order valence-corrected chi connectivity index (χ0v) is 15.6. The molecule has 1 fully saturated rings. The van der Waals surface area contributed by atoms with E-state index in [0.29, 0.717) is 11.7 Å². The molecule has 1 aliphatic rings. The second kappa shape index (κ2) is 9.53. The molecule has 0 aliphatic heterocycles. The number of carbonyl (C=O) groups excluding carboxylic acids is 1. The van der Waals surface area contributed by atoms with Crippen LogP contribution in [0, 0.1) is 5.92 Å². The molecule has 1 heterocycles. The fourth-order valence-corrected chi connectivity index (χ4v) is 3.68. The van der Waals surface area contributed by atoms with Gasteiger partial charge in [0.15, 0.2) is 5.82 Å². The smallest absolute Gasteiger partial charge is 0.242 e. The zero-order valence-electron chi connectivity index (χ0n) is 15.6. The Bertz CT molecular complexity index is 676. The lowest BCUT2D eigenvalue weighted by Gasteiger charge is -2.25. The van der Waals surface area contributed by atoms with Crippen molar-refractivity contribution in [2.24, 2.45) is 5.92 Å². The molecule has 1 aromatic carbocycles. The first-order chi connectivity index (χ1) is 12.8. The molecule has 0 saturated heterocycles. The molecule has 26 heavy (non-hydrogen) atoms. The van der Waals surface area contributed by atoms with Gasteiger partial charge in [-0.05, 0) is 37.3 Å². The van der Waals surface area contributed by atoms with Crippen LogP contribution in [0.3, 0.4) is 0 Å². The monoisotopic (exact) mass is 354 g/mol. The predicted octanol–water partition coefficient (Wildman–Crippen LogP) is 4.35. The number of hydrogen-bond acceptors (Lipinski definition) is 3. The molecule has 1 amide bonds. The second-order valence-electron chi connectivity index (χ2n) is 7.28. The molecule has 1 aromatic heterocycles. The molecular weight excluding hydrogens is 324 g/mol. The van der Waals surface area contributed by atoms with E-state index >= 15 is 0 Å². The molecule has 3 rings (SSSR count). The number of amides is 1. The van der Waals surface area contributed by atoms with E-state index in [-0.39, 0.29) is 11.9 Å². The van der Waals surface area contributed by atoms with Crippen molar-refractivity contribution in [2.45, 2.75) is 57.9 Å². The summed E-state index contributed by atoms with van der Waals surface area (Å²) in [4.78, 5) is 12.7. The summed E-state index contributed by atoms with van der Waals surface area (Å²) < 4.78 is 0. The number of H-pyrrole nitrogens is 1. The molecule has 5 heteroatoms. The fraction of sp³-hybridized carbons (Fsp3) is 0.524. The molecule has 1 saturated carbocycles. The van der Waals surface area contributed by atoms with Gasteiger partial charge in [-0.1, -0.05) is 62.9 Å². The van der Waals surface area contributed by atoms with E-state index in [2.05, 4.69) is 27.8 Å². The van der Waals surface area contributed by atoms with Crippen LogP contribution in [0.1, 0.15) is 51.9 Å². The van der Waals surface area contributed by atoms with Gasteiger partial charge in [0.05, 0.1) is 11.7 Å². The highest BCUT2D eigenvalue weighted by molar-refractivity contribution is 5.94. The molecule has 2 aromatic rings. The van der Waals surface area contributed by atoms with Crippen molar-refractivity contribution in [3.05, 3.63) is 36.4 Å². The first kappa shape index (κ1) is 18.6. The minimum atomic E-state index is -0.154. The van der Waals surface area contributed by atoms with Gasteiger partial charge in [0.25, 0.3) is 0 Å². The van der Waals surface area contributed by atoms with Crippen LogP contribution in [0.25, 0.3) is 11.3 Å². The number of nitrogens with one attached hydrogen (secondary N) is 3. The van der Waals surface area contributed by atoms with Gasteiger partial charge in [-0.3, -0.25) is 9.89 Å². The van der Waals surface area contributed by atoms with Crippen LogP contribution >= 0.6 is 0 Å². The third kappa shape index (κ3) is 5.18. The van der Waals surface area contributed by atoms with Crippen LogP contribution in [-0.2, 0) is 4.79 Å². The number of aromatic amines is 1. The molecule has 0 unspecified atom stereocenters. The number of carbonyl (C=O) groups is 1. The van der Waals surface area contributed by atoms with Gasteiger partial charge in [-0.2, -0.15) is 5.10 Å². The van der Waals surface area contributed by atoms with Crippen LogP contribution < -0.4 is 10.6 Å². The Morgan fingerprint density at radius 2 is 2.00 bits per heavy atom. The van der Waals surface area contributed by atoms with Gasteiger partial charge in [0.2, 0.25) is 5.91 Å². The highest BCUT2D eigenvalue weighted by atomic mass is 16.2. The summed E-state index contributed by atoms with van der Waals surface area (Å²) in [5.41, 5.74) is 1.96. The minimum absolute atomic E-state index is 0.00812. The molecule has 1 atom stereocenters. The van der Waals surface area contributed by atoms with Crippen molar-refractivity contribution in [1.82, 2.24) is 15.5 Å². The third-order valence-corrected chi connectivity index (χ3v) is 5.19. The summed E-state index contributed by atoms with van der Waals surface area (Å²) >= 11 is 0. The number of hydrogen-bond donors (Lipinski definition) is 3. The average Bonchev–Trinajstić information content (AvgIpc) is 3.15. The van der Waals surface area contributed by atoms with Crippen LogP contribution in [0.5, 0.6) is 0 Å². The Balaban J connectivity index is 1.56. The summed E-state index contributed by atoms with van der Waals surface area (Å²) in [6, 6.07) is 11.7. The first-order valence-electron chi connectivity index (χ1n) is 9.91. The van der Waals surface area contributed by atoms with Crippen molar-refractivity contribution in [2.75, 3.05) is 11.9 Å². The number of nitrogens with zero attached hydrogens (tertiary/aromatic N) is 1. The fourth-order valence-electron chi connectivity index (χ4n) is 3.68. The lowest BCUT2D eigenvalue weighted by Crippen LogP contribution is -2.42. The molecule has 0 spiro atoms. The van der Waals surface area contributed by atoms with Crippen molar-refractivity contribution < 1.29 is 4.79 Å². The van der Waals surface area contributed by atoms with Gasteiger partial charge < -0.3 is 10.6 Å². The number of rotatable bonds is 8. The average molecular weight is 354 g/mol. The van der Waals surface area contributed by atoms with E-state index in [1.165, 1.54) is 32.1 Å². The lowest BCUT2D eigenvalue weighted by molar-refractivity contribution is -0.118. The minimum Gasteiger partial charge on any atom is -0.308 e. The summed E-state index contributed by atoms with van der Waals surface area (Å²) in [6.07, 6.45) is 8.40. The normalized spacial score (nSPS) is 16.3. The maximum Gasteiger partial charge on any atom is 0.242 e. The Labute approximate surface area is 156 Å².